The average molecular weight is 484 g/mol. The summed E-state index contributed by atoms with van der Waals surface area (Å²) in [7, 11) is 0. The predicted molar refractivity (Wildman–Crippen MR) is 150 cm³/mol. The van der Waals surface area contributed by atoms with Crippen LogP contribution in [-0.2, 0) is 11.8 Å². The fourth-order valence-electron chi connectivity index (χ4n) is 5.14. The van der Waals surface area contributed by atoms with Crippen LogP contribution in [0.1, 0.15) is 51.5 Å². The zero-order valence-corrected chi connectivity index (χ0v) is 22.2. The third-order valence-electron chi connectivity index (χ3n) is 6.74. The average Bonchev–Trinajstić information content (AvgIpc) is 3.46. The van der Waals surface area contributed by atoms with Crippen molar-refractivity contribution in [1.82, 2.24) is 4.98 Å². The number of aromatic nitrogens is 1. The Hall–Kier alpha value is -2.69. The van der Waals surface area contributed by atoms with Crippen LogP contribution >= 0.6 is 22.7 Å². The molecule has 0 unspecified atom stereocenters. The van der Waals surface area contributed by atoms with E-state index in [4.69, 9.17) is 9.40 Å². The van der Waals surface area contributed by atoms with Gasteiger partial charge in [-0.15, -0.1) is 22.7 Å². The number of hydrogen-bond acceptors (Lipinski definition) is 4. The highest BCUT2D eigenvalue weighted by atomic mass is 32.1. The molecular formula is C30H29NOS2. The molecule has 0 aliphatic carbocycles. The van der Waals surface area contributed by atoms with Gasteiger partial charge in [0.1, 0.15) is 11.3 Å². The molecule has 4 heterocycles. The molecule has 0 fully saturated rings. The molecule has 0 N–H and O–H groups in total. The van der Waals surface area contributed by atoms with Gasteiger partial charge in [0, 0.05) is 47.6 Å². The Balaban J connectivity index is 1.67. The Labute approximate surface area is 208 Å². The molecule has 0 amide bonds. The summed E-state index contributed by atoms with van der Waals surface area (Å²) in [4.78, 5) is 4.96. The summed E-state index contributed by atoms with van der Waals surface area (Å²) in [5.41, 5.74) is 6.07. The molecule has 0 spiro atoms. The number of benzene rings is 2. The Morgan fingerprint density at radius 1 is 1.00 bits per heavy atom. The number of rotatable bonds is 3. The van der Waals surface area contributed by atoms with Crippen molar-refractivity contribution in [1.29, 1.82) is 0 Å². The number of aryl methyl sites for hydroxylation is 1. The standard InChI is InChI=1S/C30H29NOS2/c1-16(2)11-20-17(3)32-24-15-26-22(14-21(20)24)27-25(34-26)7-9-31-28(27)19-12-18-8-10-33-29(18)23(13-19)30(4,5)6/h7-10,12-16H,11H2,1-6H3. The first-order valence-electron chi connectivity index (χ1n) is 12.0. The molecule has 0 bridgehead atoms. The van der Waals surface area contributed by atoms with Crippen LogP contribution in [0.2, 0.25) is 0 Å². The maximum atomic E-state index is 6.20. The molecule has 0 aliphatic rings. The minimum atomic E-state index is 0.0654. The minimum absolute atomic E-state index is 0.0654. The van der Waals surface area contributed by atoms with Crippen molar-refractivity contribution in [3.8, 4) is 11.3 Å². The molecule has 34 heavy (non-hydrogen) atoms. The van der Waals surface area contributed by atoms with Crippen molar-refractivity contribution in [2.45, 2.75) is 53.4 Å². The van der Waals surface area contributed by atoms with Crippen LogP contribution in [0.25, 0.3) is 52.5 Å². The molecule has 0 aliphatic heterocycles. The highest BCUT2D eigenvalue weighted by Gasteiger charge is 2.22. The lowest BCUT2D eigenvalue weighted by atomic mass is 9.84. The Morgan fingerprint density at radius 2 is 1.82 bits per heavy atom. The molecule has 6 aromatic rings. The summed E-state index contributed by atoms with van der Waals surface area (Å²) < 4.78 is 10.1. The maximum Gasteiger partial charge on any atom is 0.136 e. The first-order chi connectivity index (χ1) is 16.2. The summed E-state index contributed by atoms with van der Waals surface area (Å²) in [6, 6.07) is 13.7. The first kappa shape index (κ1) is 21.8. The number of hydrogen-bond donors (Lipinski definition) is 0. The van der Waals surface area contributed by atoms with Gasteiger partial charge in [0.05, 0.1) is 5.69 Å². The number of nitrogens with zero attached hydrogens (tertiary/aromatic N) is 1. The monoisotopic (exact) mass is 483 g/mol. The lowest BCUT2D eigenvalue weighted by molar-refractivity contribution is 0.560. The van der Waals surface area contributed by atoms with E-state index in [0.29, 0.717) is 5.92 Å². The van der Waals surface area contributed by atoms with Gasteiger partial charge in [-0.05, 0) is 77.4 Å². The number of pyridine rings is 1. The second kappa shape index (κ2) is 7.66. The van der Waals surface area contributed by atoms with E-state index in [1.165, 1.54) is 52.3 Å². The summed E-state index contributed by atoms with van der Waals surface area (Å²) >= 11 is 3.67. The van der Waals surface area contributed by atoms with E-state index in [9.17, 15) is 0 Å². The van der Waals surface area contributed by atoms with Gasteiger partial charge in [-0.3, -0.25) is 4.98 Å². The summed E-state index contributed by atoms with van der Waals surface area (Å²) in [6.45, 7) is 13.5. The van der Waals surface area contributed by atoms with Crippen molar-refractivity contribution >= 4 is 63.9 Å². The highest BCUT2D eigenvalue weighted by Crippen LogP contribution is 2.44. The minimum Gasteiger partial charge on any atom is -0.461 e. The molecule has 2 nitrogen and oxygen atoms in total. The third-order valence-corrected chi connectivity index (χ3v) is 8.82. The smallest absolute Gasteiger partial charge is 0.136 e. The van der Waals surface area contributed by atoms with Crippen molar-refractivity contribution in [3.63, 3.8) is 0 Å². The first-order valence-corrected chi connectivity index (χ1v) is 13.7. The van der Waals surface area contributed by atoms with Crippen LogP contribution in [0.5, 0.6) is 0 Å². The van der Waals surface area contributed by atoms with Gasteiger partial charge < -0.3 is 4.42 Å². The van der Waals surface area contributed by atoms with E-state index in [1.54, 1.807) is 0 Å². The number of fused-ring (bicyclic) bond motifs is 5. The van der Waals surface area contributed by atoms with Crippen molar-refractivity contribution in [2.24, 2.45) is 5.92 Å². The number of furan rings is 1. The van der Waals surface area contributed by atoms with E-state index in [2.05, 4.69) is 83.3 Å². The zero-order chi connectivity index (χ0) is 23.8. The van der Waals surface area contributed by atoms with Crippen LogP contribution in [-0.4, -0.2) is 4.98 Å². The highest BCUT2D eigenvalue weighted by molar-refractivity contribution is 7.26. The fraction of sp³-hybridized carbons (Fsp3) is 0.300. The summed E-state index contributed by atoms with van der Waals surface area (Å²) in [6.07, 6.45) is 2.99. The topological polar surface area (TPSA) is 26.0 Å². The Kier molecular flexibility index (Phi) is 4.91. The van der Waals surface area contributed by atoms with Crippen LogP contribution in [0.15, 0.2) is 52.4 Å². The molecule has 6 rings (SSSR count). The molecule has 0 saturated heterocycles. The lowest BCUT2D eigenvalue weighted by Gasteiger charge is -2.21. The Morgan fingerprint density at radius 3 is 2.59 bits per heavy atom. The van der Waals surface area contributed by atoms with Crippen molar-refractivity contribution in [2.75, 3.05) is 0 Å². The van der Waals surface area contributed by atoms with Gasteiger partial charge in [0.2, 0.25) is 0 Å². The molecule has 172 valence electrons. The number of thiophene rings is 2. The molecule has 4 heteroatoms. The second-order valence-corrected chi connectivity index (χ2v) is 12.8. The third kappa shape index (κ3) is 3.38. The normalized spacial score (nSPS) is 12.8. The van der Waals surface area contributed by atoms with Crippen molar-refractivity contribution < 1.29 is 4.42 Å². The van der Waals surface area contributed by atoms with Gasteiger partial charge >= 0.3 is 0 Å². The molecule has 0 atom stereocenters. The van der Waals surface area contributed by atoms with Crippen LogP contribution in [0.3, 0.4) is 0 Å². The molecule has 0 radical (unpaired) electrons. The van der Waals surface area contributed by atoms with E-state index in [-0.39, 0.29) is 5.41 Å². The second-order valence-electron chi connectivity index (χ2n) is 10.8. The maximum absolute atomic E-state index is 6.20. The quantitative estimate of drug-likeness (QED) is 0.250. The fourth-order valence-corrected chi connectivity index (χ4v) is 7.36. The van der Waals surface area contributed by atoms with Crippen LogP contribution < -0.4 is 0 Å². The molecule has 0 saturated carbocycles. The summed E-state index contributed by atoms with van der Waals surface area (Å²) in [5.74, 6) is 1.63. The van der Waals surface area contributed by atoms with Gasteiger partial charge in [-0.25, -0.2) is 0 Å². The summed E-state index contributed by atoms with van der Waals surface area (Å²) in [5, 5.41) is 7.29. The van der Waals surface area contributed by atoms with Gasteiger partial charge in [0.25, 0.3) is 0 Å². The largest absolute Gasteiger partial charge is 0.461 e. The van der Waals surface area contributed by atoms with E-state index < -0.39 is 0 Å². The SMILES string of the molecule is Cc1oc2cc3sc4ccnc(-c5cc(C(C)(C)C)c6sccc6c5)c4c3cc2c1CC(C)C. The van der Waals surface area contributed by atoms with Gasteiger partial charge in [0.15, 0.2) is 0 Å². The molecule has 2 aromatic carbocycles. The van der Waals surface area contributed by atoms with Gasteiger partial charge in [-0.2, -0.15) is 0 Å². The Bertz CT molecular complexity index is 1710. The lowest BCUT2D eigenvalue weighted by Crippen LogP contribution is -2.11. The molecular weight excluding hydrogens is 454 g/mol. The zero-order valence-electron chi connectivity index (χ0n) is 20.6. The van der Waals surface area contributed by atoms with E-state index >= 15 is 0 Å². The van der Waals surface area contributed by atoms with Crippen LogP contribution in [0.4, 0.5) is 0 Å². The van der Waals surface area contributed by atoms with Crippen molar-refractivity contribution in [3.05, 3.63) is 64.9 Å². The predicted octanol–water partition coefficient (Wildman–Crippen LogP) is 9.88. The van der Waals surface area contributed by atoms with Gasteiger partial charge in [-0.1, -0.05) is 34.6 Å². The van der Waals surface area contributed by atoms with Crippen LogP contribution in [0, 0.1) is 12.8 Å². The molecule has 4 aromatic heterocycles. The van der Waals surface area contributed by atoms with E-state index in [1.807, 2.05) is 28.9 Å². The van der Waals surface area contributed by atoms with E-state index in [0.717, 1.165) is 23.5 Å².